The Bertz CT molecular complexity index is 101. The molecule has 0 aromatic carbocycles. The molecule has 0 aliphatic heterocycles. The van der Waals surface area contributed by atoms with Crippen molar-refractivity contribution in [2.75, 3.05) is 0 Å². The van der Waals surface area contributed by atoms with Gasteiger partial charge in [-0.25, -0.2) is 0 Å². The molecule has 0 saturated carbocycles. The second-order valence-electron chi connectivity index (χ2n) is 2.71. The third-order valence-electron chi connectivity index (χ3n) is 1.96. The number of hydrogen-bond acceptors (Lipinski definition) is 0. The zero-order valence-electron chi connectivity index (χ0n) is 6.03. The van der Waals surface area contributed by atoms with Crippen LogP contribution in [0.3, 0.4) is 0 Å². The van der Waals surface area contributed by atoms with E-state index in [2.05, 4.69) is 13.0 Å². The normalized spacial score (nSPS) is 20.8. The minimum atomic E-state index is 1.03. The maximum atomic E-state index is 3.88. The number of rotatable bonds is 1. The van der Waals surface area contributed by atoms with Crippen molar-refractivity contribution in [2.24, 2.45) is 0 Å². The average Bonchev–Trinajstić information content (AvgIpc) is 2.13. The van der Waals surface area contributed by atoms with Gasteiger partial charge < -0.3 is 0 Å². The number of allylic oxidation sites excluding steroid dienone is 2. The molecule has 0 spiro atoms. The zero-order valence-corrected chi connectivity index (χ0v) is 6.03. The van der Waals surface area contributed by atoms with Crippen molar-refractivity contribution in [1.29, 1.82) is 0 Å². The van der Waals surface area contributed by atoms with Gasteiger partial charge in [0.15, 0.2) is 0 Å². The summed E-state index contributed by atoms with van der Waals surface area (Å²) >= 11 is 0. The van der Waals surface area contributed by atoms with Crippen molar-refractivity contribution < 1.29 is 0 Å². The summed E-state index contributed by atoms with van der Waals surface area (Å²) in [4.78, 5) is 0. The molecule has 0 aromatic rings. The smallest absolute Gasteiger partial charge is 0.0320 e. The van der Waals surface area contributed by atoms with Crippen LogP contribution in [0.25, 0.3) is 0 Å². The van der Waals surface area contributed by atoms with E-state index < -0.39 is 0 Å². The van der Waals surface area contributed by atoms with E-state index in [0.717, 1.165) is 6.42 Å². The van der Waals surface area contributed by atoms with Gasteiger partial charge in [-0.2, -0.15) is 0 Å². The molecule has 0 N–H and O–H groups in total. The second-order valence-corrected chi connectivity index (χ2v) is 2.71. The van der Waals surface area contributed by atoms with Crippen LogP contribution in [0, 0.1) is 6.92 Å². The zero-order chi connectivity index (χ0) is 6.53. The van der Waals surface area contributed by atoms with Crippen LogP contribution in [-0.4, -0.2) is 0 Å². The Morgan fingerprint density at radius 3 is 3.00 bits per heavy atom. The molecule has 0 nitrogen and oxygen atoms in total. The van der Waals surface area contributed by atoms with Crippen molar-refractivity contribution in [3.05, 3.63) is 18.6 Å². The Hall–Kier alpha value is -0.260. The van der Waals surface area contributed by atoms with Gasteiger partial charge in [0.25, 0.3) is 0 Å². The highest BCUT2D eigenvalue weighted by molar-refractivity contribution is 5.03. The van der Waals surface area contributed by atoms with Crippen LogP contribution in [0.4, 0.5) is 0 Å². The minimum Gasteiger partial charge on any atom is -0.0853 e. The Balaban J connectivity index is 2.37. The molecule has 0 saturated heterocycles. The maximum Gasteiger partial charge on any atom is -0.0320 e. The van der Waals surface area contributed by atoms with E-state index >= 15 is 0 Å². The first kappa shape index (κ1) is 6.85. The van der Waals surface area contributed by atoms with Crippen molar-refractivity contribution >= 4 is 0 Å². The predicted octanol–water partition coefficient (Wildman–Crippen LogP) is 3.10. The first-order chi connectivity index (χ1) is 4.43. The molecule has 0 bridgehead atoms. The molecule has 0 aromatic heterocycles. The van der Waals surface area contributed by atoms with Gasteiger partial charge in [-0.15, -0.1) is 0 Å². The SMILES string of the molecule is [CH2]CC1=CCCCCC1. The lowest BCUT2D eigenvalue weighted by Crippen LogP contribution is -1.77. The van der Waals surface area contributed by atoms with Crippen molar-refractivity contribution in [3.8, 4) is 0 Å². The molecule has 1 rings (SSSR count). The van der Waals surface area contributed by atoms with E-state index in [1.165, 1.54) is 32.1 Å². The first-order valence-corrected chi connectivity index (χ1v) is 3.90. The van der Waals surface area contributed by atoms with Crippen molar-refractivity contribution in [2.45, 2.75) is 38.5 Å². The Morgan fingerprint density at radius 1 is 1.33 bits per heavy atom. The van der Waals surface area contributed by atoms with E-state index in [-0.39, 0.29) is 0 Å². The molecule has 1 radical (unpaired) electrons. The van der Waals surface area contributed by atoms with Gasteiger partial charge in [-0.3, -0.25) is 0 Å². The van der Waals surface area contributed by atoms with E-state index in [1.54, 1.807) is 5.57 Å². The summed E-state index contributed by atoms with van der Waals surface area (Å²) in [6.45, 7) is 3.88. The maximum absolute atomic E-state index is 3.88. The van der Waals surface area contributed by atoms with Crippen LogP contribution < -0.4 is 0 Å². The fourth-order valence-electron chi connectivity index (χ4n) is 1.31. The van der Waals surface area contributed by atoms with Crippen LogP contribution in [0.2, 0.25) is 0 Å². The summed E-state index contributed by atoms with van der Waals surface area (Å²) in [7, 11) is 0. The van der Waals surface area contributed by atoms with Crippen LogP contribution in [-0.2, 0) is 0 Å². The topological polar surface area (TPSA) is 0 Å². The third kappa shape index (κ3) is 2.21. The summed E-state index contributed by atoms with van der Waals surface area (Å²) in [6.07, 6.45) is 10.2. The summed E-state index contributed by atoms with van der Waals surface area (Å²) in [5, 5.41) is 0. The van der Waals surface area contributed by atoms with Gasteiger partial charge in [0, 0.05) is 0 Å². The molecule has 51 valence electrons. The lowest BCUT2D eigenvalue weighted by molar-refractivity contribution is 0.708. The van der Waals surface area contributed by atoms with Crippen LogP contribution in [0.5, 0.6) is 0 Å². The summed E-state index contributed by atoms with van der Waals surface area (Å²) in [6, 6.07) is 0. The fourth-order valence-corrected chi connectivity index (χ4v) is 1.31. The molecular weight excluding hydrogens is 108 g/mol. The van der Waals surface area contributed by atoms with Gasteiger partial charge in [0.2, 0.25) is 0 Å². The third-order valence-corrected chi connectivity index (χ3v) is 1.96. The Kier molecular flexibility index (Phi) is 2.82. The van der Waals surface area contributed by atoms with E-state index in [0.29, 0.717) is 0 Å². The lowest BCUT2D eigenvalue weighted by atomic mass is 10.1. The highest BCUT2D eigenvalue weighted by atomic mass is 14.0. The first-order valence-electron chi connectivity index (χ1n) is 3.90. The highest BCUT2D eigenvalue weighted by Crippen LogP contribution is 2.18. The number of hydrogen-bond donors (Lipinski definition) is 0. The molecule has 1 aliphatic rings. The molecule has 0 heteroatoms. The predicted molar refractivity (Wildman–Crippen MR) is 41.1 cm³/mol. The molecule has 0 amide bonds. The minimum absolute atomic E-state index is 1.03. The Morgan fingerprint density at radius 2 is 2.22 bits per heavy atom. The van der Waals surface area contributed by atoms with Gasteiger partial charge >= 0.3 is 0 Å². The molecule has 0 fully saturated rings. The highest BCUT2D eigenvalue weighted by Gasteiger charge is 1.98. The van der Waals surface area contributed by atoms with Crippen molar-refractivity contribution in [3.63, 3.8) is 0 Å². The monoisotopic (exact) mass is 123 g/mol. The van der Waals surface area contributed by atoms with Crippen LogP contribution in [0.1, 0.15) is 38.5 Å². The summed E-state index contributed by atoms with van der Waals surface area (Å²) in [5.41, 5.74) is 1.58. The quantitative estimate of drug-likeness (QED) is 0.470. The molecule has 9 heavy (non-hydrogen) atoms. The Labute approximate surface area is 58.0 Å². The largest absolute Gasteiger partial charge is 0.0853 e. The molecule has 0 unspecified atom stereocenters. The lowest BCUT2D eigenvalue weighted by Gasteiger charge is -1.97. The molecular formula is C9H15. The summed E-state index contributed by atoms with van der Waals surface area (Å²) < 4.78 is 0. The van der Waals surface area contributed by atoms with Gasteiger partial charge in [-0.1, -0.05) is 18.1 Å². The molecule has 0 atom stereocenters. The van der Waals surface area contributed by atoms with Gasteiger partial charge in [0.1, 0.15) is 0 Å². The van der Waals surface area contributed by atoms with Gasteiger partial charge in [-0.05, 0) is 39.0 Å². The molecule has 1 aliphatic carbocycles. The van der Waals surface area contributed by atoms with Crippen LogP contribution >= 0.6 is 0 Å². The van der Waals surface area contributed by atoms with E-state index in [9.17, 15) is 0 Å². The van der Waals surface area contributed by atoms with E-state index in [1.807, 2.05) is 0 Å². The van der Waals surface area contributed by atoms with Gasteiger partial charge in [0.05, 0.1) is 0 Å². The van der Waals surface area contributed by atoms with E-state index in [4.69, 9.17) is 0 Å². The standard InChI is InChI=1S/C9H15/c1-2-9-7-5-3-4-6-8-9/h7H,1-6,8H2. The van der Waals surface area contributed by atoms with Crippen LogP contribution in [0.15, 0.2) is 11.6 Å². The average molecular weight is 123 g/mol. The second kappa shape index (κ2) is 3.71. The fraction of sp³-hybridized carbons (Fsp3) is 0.667. The van der Waals surface area contributed by atoms with Crippen molar-refractivity contribution in [1.82, 2.24) is 0 Å². The molecule has 0 heterocycles. The summed E-state index contributed by atoms with van der Waals surface area (Å²) in [5.74, 6) is 0.